The third kappa shape index (κ3) is 3.17. The summed E-state index contributed by atoms with van der Waals surface area (Å²) in [6, 6.07) is 19.3. The van der Waals surface area contributed by atoms with Crippen LogP contribution < -0.4 is 5.32 Å². The van der Waals surface area contributed by atoms with Crippen LogP contribution in [-0.2, 0) is 6.42 Å². The van der Waals surface area contributed by atoms with Gasteiger partial charge in [-0.2, -0.15) is 0 Å². The molecule has 1 unspecified atom stereocenters. The molecule has 1 aromatic heterocycles. The summed E-state index contributed by atoms with van der Waals surface area (Å²) in [5.41, 5.74) is 3.64. The third-order valence-electron chi connectivity index (χ3n) is 3.98. The molecule has 0 aliphatic carbocycles. The highest BCUT2D eigenvalue weighted by Gasteiger charge is 2.14. The molecule has 3 aromatic rings. The average molecular weight is 279 g/mol. The number of benzene rings is 2. The van der Waals surface area contributed by atoms with E-state index in [1.54, 1.807) is 0 Å². The van der Waals surface area contributed by atoms with Gasteiger partial charge in [-0.15, -0.1) is 0 Å². The van der Waals surface area contributed by atoms with Crippen LogP contribution in [0.15, 0.2) is 59.0 Å². The Kier molecular flexibility index (Phi) is 4.07. The molecule has 0 saturated carbocycles. The van der Waals surface area contributed by atoms with Gasteiger partial charge in [-0.1, -0.05) is 48.0 Å². The van der Waals surface area contributed by atoms with Crippen LogP contribution in [0.1, 0.15) is 29.3 Å². The van der Waals surface area contributed by atoms with Crippen LogP contribution in [0.3, 0.4) is 0 Å². The van der Waals surface area contributed by atoms with Gasteiger partial charge in [0.2, 0.25) is 0 Å². The molecule has 3 rings (SSSR count). The van der Waals surface area contributed by atoms with E-state index in [0.29, 0.717) is 0 Å². The van der Waals surface area contributed by atoms with Gasteiger partial charge < -0.3 is 9.73 Å². The van der Waals surface area contributed by atoms with E-state index in [1.807, 2.05) is 25.2 Å². The van der Waals surface area contributed by atoms with E-state index in [1.165, 1.54) is 16.5 Å². The summed E-state index contributed by atoms with van der Waals surface area (Å²) in [5, 5.41) is 4.54. The molecule has 0 spiro atoms. The zero-order chi connectivity index (χ0) is 14.7. The lowest BCUT2D eigenvalue weighted by molar-refractivity contribution is 0.433. The molecule has 1 N–H and O–H groups in total. The third-order valence-corrected chi connectivity index (χ3v) is 3.98. The van der Waals surface area contributed by atoms with Crippen molar-refractivity contribution in [3.8, 4) is 0 Å². The Bertz CT molecular complexity index is 679. The van der Waals surface area contributed by atoms with Crippen molar-refractivity contribution in [1.29, 1.82) is 0 Å². The smallest absolute Gasteiger partial charge is 0.134 e. The second-order valence-corrected chi connectivity index (χ2v) is 5.55. The molecule has 2 heteroatoms. The lowest BCUT2D eigenvalue weighted by Crippen LogP contribution is -2.16. The Morgan fingerprint density at radius 2 is 1.81 bits per heavy atom. The topological polar surface area (TPSA) is 25.2 Å². The molecular formula is C19H21NO. The highest BCUT2D eigenvalue weighted by molar-refractivity contribution is 5.77. The molecule has 2 aromatic carbocycles. The first-order valence-corrected chi connectivity index (χ1v) is 7.47. The first-order chi connectivity index (χ1) is 10.3. The molecule has 21 heavy (non-hydrogen) atoms. The van der Waals surface area contributed by atoms with Gasteiger partial charge in [0, 0.05) is 5.39 Å². The number of para-hydroxylation sites is 1. The number of rotatable bonds is 5. The van der Waals surface area contributed by atoms with Gasteiger partial charge >= 0.3 is 0 Å². The van der Waals surface area contributed by atoms with Crippen molar-refractivity contribution in [3.63, 3.8) is 0 Å². The number of furan rings is 1. The van der Waals surface area contributed by atoms with Gasteiger partial charge in [-0.3, -0.25) is 0 Å². The summed E-state index contributed by atoms with van der Waals surface area (Å²) < 4.78 is 5.97. The highest BCUT2D eigenvalue weighted by atomic mass is 16.3. The van der Waals surface area contributed by atoms with Crippen LogP contribution in [0, 0.1) is 6.92 Å². The second kappa shape index (κ2) is 6.15. The maximum atomic E-state index is 5.97. The molecule has 2 nitrogen and oxygen atoms in total. The van der Waals surface area contributed by atoms with E-state index in [9.17, 15) is 0 Å². The zero-order valence-corrected chi connectivity index (χ0v) is 12.6. The molecule has 1 heterocycles. The molecule has 0 saturated heterocycles. The largest absolute Gasteiger partial charge is 0.459 e. The van der Waals surface area contributed by atoms with Crippen LogP contribution in [-0.4, -0.2) is 7.05 Å². The van der Waals surface area contributed by atoms with E-state index < -0.39 is 0 Å². The van der Waals surface area contributed by atoms with Crippen molar-refractivity contribution in [2.24, 2.45) is 0 Å². The molecule has 0 amide bonds. The van der Waals surface area contributed by atoms with Crippen LogP contribution in [0.5, 0.6) is 0 Å². The van der Waals surface area contributed by atoms with Crippen LogP contribution >= 0.6 is 0 Å². The van der Waals surface area contributed by atoms with Gasteiger partial charge in [-0.25, -0.2) is 0 Å². The molecule has 0 bridgehead atoms. The maximum absolute atomic E-state index is 5.97. The SMILES string of the molecule is CNC(CCc1ccc(C)cc1)c1cc2ccccc2o1. The maximum Gasteiger partial charge on any atom is 0.134 e. The van der Waals surface area contributed by atoms with Crippen LogP contribution in [0.4, 0.5) is 0 Å². The van der Waals surface area contributed by atoms with Crippen molar-refractivity contribution in [2.75, 3.05) is 7.05 Å². The lowest BCUT2D eigenvalue weighted by Gasteiger charge is -2.13. The van der Waals surface area contributed by atoms with Gasteiger partial charge in [-0.05, 0) is 44.5 Å². The van der Waals surface area contributed by atoms with Gasteiger partial charge in [0.05, 0.1) is 6.04 Å². The number of hydrogen-bond acceptors (Lipinski definition) is 2. The van der Waals surface area contributed by atoms with Crippen LogP contribution in [0.2, 0.25) is 0 Å². The summed E-state index contributed by atoms with van der Waals surface area (Å²) >= 11 is 0. The van der Waals surface area contributed by atoms with Gasteiger partial charge in [0.25, 0.3) is 0 Å². The summed E-state index contributed by atoms with van der Waals surface area (Å²) in [5.74, 6) is 1.02. The first kappa shape index (κ1) is 13.9. The Morgan fingerprint density at radius 1 is 1.05 bits per heavy atom. The monoisotopic (exact) mass is 279 g/mol. The fourth-order valence-electron chi connectivity index (χ4n) is 2.67. The Balaban J connectivity index is 1.73. The van der Waals surface area contributed by atoms with E-state index in [4.69, 9.17) is 4.42 Å². The quantitative estimate of drug-likeness (QED) is 0.736. The minimum Gasteiger partial charge on any atom is -0.459 e. The van der Waals surface area contributed by atoms with Crippen molar-refractivity contribution < 1.29 is 4.42 Å². The average Bonchev–Trinajstić information content (AvgIpc) is 2.93. The molecular weight excluding hydrogens is 258 g/mol. The molecule has 1 atom stereocenters. The Labute approximate surface area is 125 Å². The number of fused-ring (bicyclic) bond motifs is 1. The second-order valence-electron chi connectivity index (χ2n) is 5.55. The van der Waals surface area contributed by atoms with Gasteiger partial charge in [0.1, 0.15) is 11.3 Å². The van der Waals surface area contributed by atoms with Crippen molar-refractivity contribution >= 4 is 11.0 Å². The van der Waals surface area contributed by atoms with Crippen molar-refractivity contribution in [2.45, 2.75) is 25.8 Å². The Morgan fingerprint density at radius 3 is 2.52 bits per heavy atom. The molecule has 0 aliphatic heterocycles. The molecule has 0 radical (unpaired) electrons. The summed E-state index contributed by atoms with van der Waals surface area (Å²) in [4.78, 5) is 0. The number of hydrogen-bond donors (Lipinski definition) is 1. The summed E-state index contributed by atoms with van der Waals surface area (Å²) in [6.07, 6.45) is 2.07. The molecule has 108 valence electrons. The fourth-order valence-corrected chi connectivity index (χ4v) is 2.67. The standard InChI is InChI=1S/C19H21NO/c1-14-7-9-15(10-8-14)11-12-17(20-2)19-13-16-5-3-4-6-18(16)21-19/h3-10,13,17,20H,11-12H2,1-2H3. The van der Waals surface area contributed by atoms with Crippen LogP contribution in [0.25, 0.3) is 11.0 Å². The Hall–Kier alpha value is -2.06. The molecule has 0 aliphatic rings. The minimum absolute atomic E-state index is 0.249. The summed E-state index contributed by atoms with van der Waals surface area (Å²) in [6.45, 7) is 2.12. The van der Waals surface area contributed by atoms with Crippen molar-refractivity contribution in [3.05, 3.63) is 71.5 Å². The van der Waals surface area contributed by atoms with E-state index in [-0.39, 0.29) is 6.04 Å². The van der Waals surface area contributed by atoms with E-state index >= 15 is 0 Å². The molecule has 0 fully saturated rings. The summed E-state index contributed by atoms with van der Waals surface area (Å²) in [7, 11) is 1.99. The zero-order valence-electron chi connectivity index (χ0n) is 12.6. The lowest BCUT2D eigenvalue weighted by atomic mass is 10.0. The number of aryl methyl sites for hydroxylation is 2. The van der Waals surface area contributed by atoms with E-state index in [0.717, 1.165) is 24.2 Å². The van der Waals surface area contributed by atoms with E-state index in [2.05, 4.69) is 48.6 Å². The predicted molar refractivity (Wildman–Crippen MR) is 87.5 cm³/mol. The normalized spacial score (nSPS) is 12.7. The highest BCUT2D eigenvalue weighted by Crippen LogP contribution is 2.26. The number of nitrogens with one attached hydrogen (secondary N) is 1. The fraction of sp³-hybridized carbons (Fsp3) is 0.263. The minimum atomic E-state index is 0.249. The van der Waals surface area contributed by atoms with Crippen molar-refractivity contribution in [1.82, 2.24) is 5.32 Å². The predicted octanol–water partition coefficient (Wildman–Crippen LogP) is 4.63. The first-order valence-electron chi connectivity index (χ1n) is 7.47. The van der Waals surface area contributed by atoms with Gasteiger partial charge in [0.15, 0.2) is 0 Å².